The van der Waals surface area contributed by atoms with Crippen molar-refractivity contribution in [1.29, 1.82) is 0 Å². The lowest BCUT2D eigenvalue weighted by molar-refractivity contribution is -0.136. The summed E-state index contributed by atoms with van der Waals surface area (Å²) in [5.74, 6) is -2.20. The third-order valence-electron chi connectivity index (χ3n) is 1.93. The number of aromatic carboxylic acids is 1. The van der Waals surface area contributed by atoms with Crippen LogP contribution in [0.4, 0.5) is 0 Å². The Bertz CT molecular complexity index is 397. The van der Waals surface area contributed by atoms with Crippen LogP contribution in [0.15, 0.2) is 18.2 Å². The Balaban J connectivity index is 3.10. The maximum Gasteiger partial charge on any atom is 0.336 e. The second kappa shape index (κ2) is 4.56. The summed E-state index contributed by atoms with van der Waals surface area (Å²) in [6, 6.07) is 4.18. The topological polar surface area (TPSA) is 94.8 Å². The van der Waals surface area contributed by atoms with Gasteiger partial charge in [-0.1, -0.05) is 12.1 Å². The first kappa shape index (κ1) is 11.2. The summed E-state index contributed by atoms with van der Waals surface area (Å²) >= 11 is 0. The first-order valence-electron chi connectivity index (χ1n) is 4.22. The van der Waals surface area contributed by atoms with Crippen LogP contribution in [0.1, 0.15) is 21.5 Å². The molecule has 3 N–H and O–H groups in total. The number of rotatable bonds is 4. The molecule has 0 saturated carbocycles. The molecular formula is C10H10O5. The van der Waals surface area contributed by atoms with Crippen molar-refractivity contribution in [2.45, 2.75) is 13.0 Å². The van der Waals surface area contributed by atoms with Gasteiger partial charge in [-0.2, -0.15) is 0 Å². The van der Waals surface area contributed by atoms with Gasteiger partial charge in [-0.3, -0.25) is 4.79 Å². The van der Waals surface area contributed by atoms with Gasteiger partial charge in [-0.05, 0) is 17.2 Å². The summed E-state index contributed by atoms with van der Waals surface area (Å²) in [4.78, 5) is 21.2. The third kappa shape index (κ3) is 2.78. The Hall–Kier alpha value is -1.88. The van der Waals surface area contributed by atoms with Gasteiger partial charge in [0.15, 0.2) is 0 Å². The Morgan fingerprint density at radius 2 is 1.87 bits per heavy atom. The van der Waals surface area contributed by atoms with E-state index in [0.29, 0.717) is 5.56 Å². The highest BCUT2D eigenvalue weighted by Gasteiger charge is 2.11. The lowest BCUT2D eigenvalue weighted by atomic mass is 10.0. The van der Waals surface area contributed by atoms with E-state index in [4.69, 9.17) is 15.3 Å². The van der Waals surface area contributed by atoms with E-state index in [1.54, 1.807) is 0 Å². The number of aliphatic hydroxyl groups is 1. The van der Waals surface area contributed by atoms with Gasteiger partial charge in [0.05, 0.1) is 18.6 Å². The Morgan fingerprint density at radius 1 is 1.20 bits per heavy atom. The summed E-state index contributed by atoms with van der Waals surface area (Å²) in [6.45, 7) is -0.380. The minimum Gasteiger partial charge on any atom is -0.481 e. The fourth-order valence-electron chi connectivity index (χ4n) is 1.25. The molecule has 0 spiro atoms. The molecular weight excluding hydrogens is 200 g/mol. The Morgan fingerprint density at radius 3 is 2.33 bits per heavy atom. The van der Waals surface area contributed by atoms with Crippen LogP contribution in [-0.4, -0.2) is 27.3 Å². The zero-order chi connectivity index (χ0) is 11.4. The average molecular weight is 210 g/mol. The lowest BCUT2D eigenvalue weighted by Gasteiger charge is -2.04. The van der Waals surface area contributed by atoms with E-state index < -0.39 is 11.9 Å². The molecule has 5 heteroatoms. The molecule has 0 saturated heterocycles. The molecule has 80 valence electrons. The normalized spacial score (nSPS) is 9.93. The van der Waals surface area contributed by atoms with Gasteiger partial charge in [-0.25, -0.2) is 4.79 Å². The van der Waals surface area contributed by atoms with Crippen molar-refractivity contribution in [1.82, 2.24) is 0 Å². The number of aliphatic carboxylic acids is 1. The van der Waals surface area contributed by atoms with Crippen LogP contribution in [-0.2, 0) is 17.8 Å². The second-order valence-electron chi connectivity index (χ2n) is 3.03. The molecule has 0 unspecified atom stereocenters. The summed E-state index contributed by atoms with van der Waals surface area (Å²) < 4.78 is 0. The predicted molar refractivity (Wildman–Crippen MR) is 50.7 cm³/mol. The van der Waals surface area contributed by atoms with Gasteiger partial charge >= 0.3 is 11.9 Å². The molecule has 15 heavy (non-hydrogen) atoms. The molecule has 1 aromatic carbocycles. The van der Waals surface area contributed by atoms with Crippen LogP contribution >= 0.6 is 0 Å². The Kier molecular flexibility index (Phi) is 3.41. The molecule has 0 aliphatic carbocycles. The van der Waals surface area contributed by atoms with Crippen molar-refractivity contribution < 1.29 is 24.9 Å². The zero-order valence-corrected chi connectivity index (χ0v) is 7.80. The van der Waals surface area contributed by atoms with E-state index in [1.807, 2.05) is 0 Å². The van der Waals surface area contributed by atoms with Crippen LogP contribution in [0.5, 0.6) is 0 Å². The third-order valence-corrected chi connectivity index (χ3v) is 1.93. The van der Waals surface area contributed by atoms with Crippen LogP contribution in [0.2, 0.25) is 0 Å². The lowest BCUT2D eigenvalue weighted by Crippen LogP contribution is -2.06. The van der Waals surface area contributed by atoms with E-state index in [0.717, 1.165) is 0 Å². The summed E-state index contributed by atoms with van der Waals surface area (Å²) in [7, 11) is 0. The molecule has 0 heterocycles. The van der Waals surface area contributed by atoms with Crippen molar-refractivity contribution in [2.75, 3.05) is 0 Å². The molecule has 0 radical (unpaired) electrons. The highest BCUT2D eigenvalue weighted by atomic mass is 16.4. The molecule has 0 aromatic heterocycles. The van der Waals surface area contributed by atoms with Crippen LogP contribution in [0, 0.1) is 0 Å². The van der Waals surface area contributed by atoms with Gasteiger partial charge in [0, 0.05) is 0 Å². The highest BCUT2D eigenvalue weighted by molar-refractivity contribution is 5.89. The zero-order valence-electron chi connectivity index (χ0n) is 7.80. The van der Waals surface area contributed by atoms with E-state index in [-0.39, 0.29) is 24.2 Å². The fourth-order valence-corrected chi connectivity index (χ4v) is 1.25. The molecule has 1 aromatic rings. The number of hydrogen-bond donors (Lipinski definition) is 3. The number of carboxylic acids is 2. The average Bonchev–Trinajstić information content (AvgIpc) is 2.16. The summed E-state index contributed by atoms with van der Waals surface area (Å²) in [5, 5.41) is 26.2. The molecule has 5 nitrogen and oxygen atoms in total. The van der Waals surface area contributed by atoms with Crippen molar-refractivity contribution in [3.8, 4) is 0 Å². The quantitative estimate of drug-likeness (QED) is 0.672. The summed E-state index contributed by atoms with van der Waals surface area (Å²) in [5.41, 5.74) is 0.616. The fraction of sp³-hybridized carbons (Fsp3) is 0.200. The SMILES string of the molecule is O=C(O)Cc1ccc(CO)c(C(=O)O)c1. The first-order chi connectivity index (χ1) is 7.04. The van der Waals surface area contributed by atoms with Crippen molar-refractivity contribution >= 4 is 11.9 Å². The monoisotopic (exact) mass is 210 g/mol. The van der Waals surface area contributed by atoms with Gasteiger partial charge in [0.1, 0.15) is 0 Å². The molecule has 0 fully saturated rings. The van der Waals surface area contributed by atoms with Gasteiger partial charge in [0.25, 0.3) is 0 Å². The van der Waals surface area contributed by atoms with Crippen LogP contribution < -0.4 is 0 Å². The highest BCUT2D eigenvalue weighted by Crippen LogP contribution is 2.13. The van der Waals surface area contributed by atoms with Gasteiger partial charge in [0.2, 0.25) is 0 Å². The summed E-state index contributed by atoms with van der Waals surface area (Å²) in [6.07, 6.45) is -0.230. The van der Waals surface area contributed by atoms with Crippen molar-refractivity contribution in [3.05, 3.63) is 34.9 Å². The maximum atomic E-state index is 10.8. The largest absolute Gasteiger partial charge is 0.481 e. The molecule has 1 rings (SSSR count). The molecule has 0 amide bonds. The van der Waals surface area contributed by atoms with E-state index in [1.165, 1.54) is 18.2 Å². The second-order valence-corrected chi connectivity index (χ2v) is 3.03. The standard InChI is InChI=1S/C10H10O5/c11-5-7-2-1-6(4-9(12)13)3-8(7)10(14)15/h1-3,11H,4-5H2,(H,12,13)(H,14,15). The van der Waals surface area contributed by atoms with Crippen LogP contribution in [0.3, 0.4) is 0 Å². The molecule has 0 atom stereocenters. The molecule has 0 aliphatic rings. The van der Waals surface area contributed by atoms with E-state index in [9.17, 15) is 9.59 Å². The van der Waals surface area contributed by atoms with Crippen molar-refractivity contribution in [3.63, 3.8) is 0 Å². The first-order valence-corrected chi connectivity index (χ1v) is 4.22. The van der Waals surface area contributed by atoms with E-state index >= 15 is 0 Å². The van der Waals surface area contributed by atoms with Gasteiger partial charge in [-0.15, -0.1) is 0 Å². The number of benzene rings is 1. The smallest absolute Gasteiger partial charge is 0.336 e. The number of carboxylic acid groups (broad SMARTS) is 2. The van der Waals surface area contributed by atoms with Crippen LogP contribution in [0.25, 0.3) is 0 Å². The minimum atomic E-state index is -1.17. The van der Waals surface area contributed by atoms with Gasteiger partial charge < -0.3 is 15.3 Å². The maximum absolute atomic E-state index is 10.8. The molecule has 0 aliphatic heterocycles. The predicted octanol–water partition coefficient (Wildman–Crippen LogP) is 0.504. The minimum absolute atomic E-state index is 0.0590. The number of carbonyl (C=O) groups is 2. The van der Waals surface area contributed by atoms with Crippen molar-refractivity contribution in [2.24, 2.45) is 0 Å². The van der Waals surface area contributed by atoms with E-state index in [2.05, 4.69) is 0 Å². The Labute approximate surface area is 85.6 Å². The number of hydrogen-bond acceptors (Lipinski definition) is 3. The molecule has 0 bridgehead atoms. The number of aliphatic hydroxyl groups excluding tert-OH is 1.